The van der Waals surface area contributed by atoms with E-state index in [0.29, 0.717) is 36.1 Å². The van der Waals surface area contributed by atoms with Gasteiger partial charge in [0.05, 0.1) is 6.61 Å². The van der Waals surface area contributed by atoms with Gasteiger partial charge in [0.15, 0.2) is 0 Å². The monoisotopic (exact) mass is 380 g/mol. The van der Waals surface area contributed by atoms with Gasteiger partial charge >= 0.3 is 5.63 Å². The van der Waals surface area contributed by atoms with Gasteiger partial charge in [0.1, 0.15) is 17.1 Å². The lowest BCUT2D eigenvalue weighted by Gasteiger charge is -2.56. The number of carbonyl (C=O) groups excluding carboxylic acids is 1. The standard InChI is InChI=1S/C24H28O4/c1-15-5-9-20-23(2,3)21(25)11-12-24(20,4)18(15)14-27-17-8-6-16-7-10-22(26)28-19(16)13-17/h6-8,10,13,18,20H,1,5,9,11-12,14H2,2-4H3/t18-,20?,24+/m1/s1. The molecule has 2 aliphatic rings. The van der Waals surface area contributed by atoms with Crippen molar-refractivity contribution in [3.8, 4) is 5.75 Å². The Labute approximate surface area is 165 Å². The number of carbonyl (C=O) groups is 1. The van der Waals surface area contributed by atoms with Crippen molar-refractivity contribution in [3.05, 3.63) is 52.9 Å². The normalized spacial score (nSPS) is 29.5. The maximum atomic E-state index is 12.5. The van der Waals surface area contributed by atoms with Crippen LogP contribution in [0.3, 0.4) is 0 Å². The van der Waals surface area contributed by atoms with Gasteiger partial charge in [0.25, 0.3) is 0 Å². The molecule has 1 aromatic carbocycles. The highest BCUT2D eigenvalue weighted by molar-refractivity contribution is 5.85. The van der Waals surface area contributed by atoms with Crippen LogP contribution in [-0.2, 0) is 4.79 Å². The summed E-state index contributed by atoms with van der Waals surface area (Å²) in [6.07, 6.45) is 3.48. The summed E-state index contributed by atoms with van der Waals surface area (Å²) in [4.78, 5) is 24.0. The van der Waals surface area contributed by atoms with E-state index in [2.05, 4.69) is 27.4 Å². The lowest BCUT2D eigenvalue weighted by Crippen LogP contribution is -2.54. The van der Waals surface area contributed by atoms with Crippen molar-refractivity contribution in [2.45, 2.75) is 46.5 Å². The summed E-state index contributed by atoms with van der Waals surface area (Å²) in [6, 6.07) is 8.75. The van der Waals surface area contributed by atoms with Crippen molar-refractivity contribution >= 4 is 16.8 Å². The second-order valence-electron chi connectivity index (χ2n) is 9.22. The van der Waals surface area contributed by atoms with Crippen LogP contribution in [-0.4, -0.2) is 12.4 Å². The van der Waals surface area contributed by atoms with Gasteiger partial charge in [0, 0.05) is 35.3 Å². The van der Waals surface area contributed by atoms with Crippen molar-refractivity contribution in [1.82, 2.24) is 0 Å². The molecule has 2 saturated carbocycles. The van der Waals surface area contributed by atoms with Crippen LogP contribution in [0.1, 0.15) is 46.5 Å². The minimum atomic E-state index is -0.366. The highest BCUT2D eigenvalue weighted by Gasteiger charge is 2.56. The molecule has 1 heterocycles. The topological polar surface area (TPSA) is 56.5 Å². The number of ketones is 1. The van der Waals surface area contributed by atoms with E-state index in [1.807, 2.05) is 12.1 Å². The molecule has 2 fully saturated rings. The van der Waals surface area contributed by atoms with Crippen molar-refractivity contribution < 1.29 is 13.9 Å². The number of fused-ring (bicyclic) bond motifs is 2. The maximum absolute atomic E-state index is 12.5. The molecule has 0 spiro atoms. The van der Waals surface area contributed by atoms with Gasteiger partial charge in [-0.3, -0.25) is 4.79 Å². The zero-order chi connectivity index (χ0) is 20.1. The summed E-state index contributed by atoms with van der Waals surface area (Å²) in [5, 5.41) is 0.869. The van der Waals surface area contributed by atoms with E-state index in [9.17, 15) is 9.59 Å². The molecule has 1 unspecified atom stereocenters. The van der Waals surface area contributed by atoms with Crippen LogP contribution in [0, 0.1) is 22.7 Å². The van der Waals surface area contributed by atoms with Gasteiger partial charge in [-0.1, -0.05) is 32.9 Å². The summed E-state index contributed by atoms with van der Waals surface area (Å²) in [7, 11) is 0. The van der Waals surface area contributed by atoms with E-state index in [0.717, 1.165) is 24.6 Å². The molecule has 0 radical (unpaired) electrons. The highest BCUT2D eigenvalue weighted by atomic mass is 16.5. The molecule has 0 saturated heterocycles. The van der Waals surface area contributed by atoms with Gasteiger partial charge in [-0.15, -0.1) is 0 Å². The maximum Gasteiger partial charge on any atom is 0.336 e. The van der Waals surface area contributed by atoms with Crippen LogP contribution >= 0.6 is 0 Å². The minimum absolute atomic E-state index is 0.0101. The zero-order valence-electron chi connectivity index (χ0n) is 16.9. The highest BCUT2D eigenvalue weighted by Crippen LogP contribution is 2.59. The molecular formula is C24H28O4. The molecule has 148 valence electrons. The van der Waals surface area contributed by atoms with Crippen molar-refractivity contribution in [2.75, 3.05) is 6.61 Å². The molecule has 28 heavy (non-hydrogen) atoms. The van der Waals surface area contributed by atoms with Crippen LogP contribution in [0.4, 0.5) is 0 Å². The van der Waals surface area contributed by atoms with Crippen molar-refractivity contribution in [1.29, 1.82) is 0 Å². The summed E-state index contributed by atoms with van der Waals surface area (Å²) < 4.78 is 11.4. The number of hydrogen-bond acceptors (Lipinski definition) is 4. The minimum Gasteiger partial charge on any atom is -0.493 e. The van der Waals surface area contributed by atoms with E-state index >= 15 is 0 Å². The van der Waals surface area contributed by atoms with Crippen LogP contribution in [0.15, 0.2) is 51.7 Å². The van der Waals surface area contributed by atoms with E-state index in [-0.39, 0.29) is 22.4 Å². The Balaban J connectivity index is 1.59. The summed E-state index contributed by atoms with van der Waals surface area (Å²) in [5.41, 5.74) is 1.10. The molecule has 4 nitrogen and oxygen atoms in total. The van der Waals surface area contributed by atoms with E-state index in [4.69, 9.17) is 9.15 Å². The molecule has 0 bridgehead atoms. The van der Waals surface area contributed by atoms with Gasteiger partial charge in [-0.05, 0) is 48.8 Å². The lowest BCUT2D eigenvalue weighted by atomic mass is 9.47. The molecule has 0 aliphatic heterocycles. The molecule has 2 aliphatic carbocycles. The van der Waals surface area contributed by atoms with Crippen LogP contribution < -0.4 is 10.4 Å². The molecular weight excluding hydrogens is 352 g/mol. The van der Waals surface area contributed by atoms with Crippen LogP contribution in [0.2, 0.25) is 0 Å². The van der Waals surface area contributed by atoms with Gasteiger partial charge in [-0.2, -0.15) is 0 Å². The van der Waals surface area contributed by atoms with E-state index in [1.165, 1.54) is 11.6 Å². The quantitative estimate of drug-likeness (QED) is 0.546. The third-order valence-corrected chi connectivity index (χ3v) is 7.33. The Hall–Kier alpha value is -2.36. The van der Waals surface area contributed by atoms with Crippen molar-refractivity contribution in [3.63, 3.8) is 0 Å². The fraction of sp³-hybridized carbons (Fsp3) is 0.500. The average molecular weight is 380 g/mol. The fourth-order valence-electron chi connectivity index (χ4n) is 5.59. The second kappa shape index (κ2) is 6.61. The number of ether oxygens (including phenoxy) is 1. The summed E-state index contributed by atoms with van der Waals surface area (Å²) in [5.74, 6) is 1.62. The van der Waals surface area contributed by atoms with Crippen molar-refractivity contribution in [2.24, 2.45) is 22.7 Å². The SMILES string of the molecule is C=C1CCC2C(C)(C)C(=O)CC[C@@]2(C)[C@@H]1COc1ccc2ccc(=O)oc2c1. The number of rotatable bonds is 3. The smallest absolute Gasteiger partial charge is 0.336 e. The van der Waals surface area contributed by atoms with Crippen LogP contribution in [0.5, 0.6) is 5.75 Å². The number of Topliss-reactive ketones (excluding diaryl/α,β-unsaturated/α-hetero) is 1. The summed E-state index contributed by atoms with van der Waals surface area (Å²) in [6.45, 7) is 11.4. The van der Waals surface area contributed by atoms with Gasteiger partial charge in [-0.25, -0.2) is 4.79 Å². The molecule has 3 atom stereocenters. The van der Waals surface area contributed by atoms with E-state index < -0.39 is 0 Å². The first-order chi connectivity index (χ1) is 13.2. The molecule has 1 aromatic heterocycles. The van der Waals surface area contributed by atoms with E-state index in [1.54, 1.807) is 12.1 Å². The first-order valence-corrected chi connectivity index (χ1v) is 10.1. The largest absolute Gasteiger partial charge is 0.493 e. The Morgan fingerprint density at radius 3 is 2.68 bits per heavy atom. The predicted molar refractivity (Wildman–Crippen MR) is 109 cm³/mol. The zero-order valence-corrected chi connectivity index (χ0v) is 16.9. The number of hydrogen-bond donors (Lipinski definition) is 0. The summed E-state index contributed by atoms with van der Waals surface area (Å²) >= 11 is 0. The average Bonchev–Trinajstić information content (AvgIpc) is 2.64. The molecule has 4 rings (SSSR count). The predicted octanol–water partition coefficient (Wildman–Crippen LogP) is 5.15. The van der Waals surface area contributed by atoms with Crippen LogP contribution in [0.25, 0.3) is 11.0 Å². The molecule has 0 N–H and O–H groups in total. The first kappa shape index (κ1) is 19.0. The third kappa shape index (κ3) is 2.99. The lowest BCUT2D eigenvalue weighted by molar-refractivity contribution is -0.145. The Bertz CT molecular complexity index is 999. The Morgan fingerprint density at radius 1 is 1.14 bits per heavy atom. The Kier molecular flexibility index (Phi) is 4.48. The fourth-order valence-corrected chi connectivity index (χ4v) is 5.59. The molecule has 2 aromatic rings. The first-order valence-electron chi connectivity index (χ1n) is 10.1. The third-order valence-electron chi connectivity index (χ3n) is 7.33. The van der Waals surface area contributed by atoms with Gasteiger partial charge < -0.3 is 9.15 Å². The number of benzene rings is 1. The van der Waals surface area contributed by atoms with Gasteiger partial charge in [0.2, 0.25) is 0 Å². The second-order valence-corrected chi connectivity index (χ2v) is 9.22. The molecule has 4 heteroatoms. The Morgan fingerprint density at radius 2 is 1.89 bits per heavy atom. The molecule has 0 amide bonds.